The van der Waals surface area contributed by atoms with Crippen molar-refractivity contribution < 1.29 is 19.1 Å². The molecule has 1 amide bonds. The maximum atomic E-state index is 12.8. The van der Waals surface area contributed by atoms with Crippen molar-refractivity contribution in [1.82, 2.24) is 29.6 Å². The Morgan fingerprint density at radius 1 is 0.727 bits per heavy atom. The summed E-state index contributed by atoms with van der Waals surface area (Å²) in [6.07, 6.45) is 6.35. The summed E-state index contributed by atoms with van der Waals surface area (Å²) in [5.74, 6) is 0.766. The zero-order valence-electron chi connectivity index (χ0n) is 26.0. The molecule has 12 nitrogen and oxygen atoms in total. The van der Waals surface area contributed by atoms with Gasteiger partial charge in [0.15, 0.2) is 0 Å². The Morgan fingerprint density at radius 2 is 1.23 bits per heavy atom. The van der Waals surface area contributed by atoms with Gasteiger partial charge in [-0.05, 0) is 70.1 Å². The highest BCUT2D eigenvalue weighted by Crippen LogP contribution is 2.10. The number of aromatic nitrogens is 2. The molecule has 1 atom stereocenters. The topological polar surface area (TPSA) is 123 Å². The lowest BCUT2D eigenvalue weighted by molar-refractivity contribution is -0.159. The van der Waals surface area contributed by atoms with E-state index in [-0.39, 0.29) is 24.8 Å². The largest absolute Gasteiger partial charge is 0.393 e. The van der Waals surface area contributed by atoms with E-state index in [1.165, 1.54) is 0 Å². The van der Waals surface area contributed by atoms with Gasteiger partial charge in [0.1, 0.15) is 17.7 Å². The molecule has 0 aliphatic carbocycles. The van der Waals surface area contributed by atoms with Gasteiger partial charge in [0.05, 0.1) is 0 Å². The first kappa shape index (κ1) is 33.3. The minimum atomic E-state index is -0.454. The van der Waals surface area contributed by atoms with Crippen molar-refractivity contribution >= 4 is 29.5 Å². The number of hydrogen-bond acceptors (Lipinski definition) is 11. The van der Waals surface area contributed by atoms with E-state index in [9.17, 15) is 14.4 Å². The van der Waals surface area contributed by atoms with E-state index in [1.807, 2.05) is 48.2 Å². The molecule has 0 aromatic carbocycles. The van der Waals surface area contributed by atoms with Crippen LogP contribution < -0.4 is 10.6 Å². The number of nitrogens with zero attached hydrogens (tertiary/aromatic N) is 6. The van der Waals surface area contributed by atoms with E-state index in [0.29, 0.717) is 31.7 Å². The molecule has 2 saturated heterocycles. The minimum Gasteiger partial charge on any atom is -0.393 e. The molecule has 0 unspecified atom stereocenters. The monoisotopic (exact) mass is 608 g/mol. The van der Waals surface area contributed by atoms with Crippen molar-refractivity contribution in [2.24, 2.45) is 0 Å². The normalized spacial score (nSPS) is 17.2. The lowest BCUT2D eigenvalue weighted by Crippen LogP contribution is -2.52. The van der Waals surface area contributed by atoms with Gasteiger partial charge >= 0.3 is 11.9 Å². The quantitative estimate of drug-likeness (QED) is 0.166. The number of rotatable bonds is 16. The average Bonchev–Trinajstić information content (AvgIpc) is 3.04. The average molecular weight is 609 g/mol. The lowest BCUT2D eigenvalue weighted by atomic mass is 10.2. The third-order valence-corrected chi connectivity index (χ3v) is 8.11. The Morgan fingerprint density at radius 3 is 1.75 bits per heavy atom. The molecule has 44 heavy (non-hydrogen) atoms. The Hall–Kier alpha value is -3.61. The summed E-state index contributed by atoms with van der Waals surface area (Å²) >= 11 is 0. The highest BCUT2D eigenvalue weighted by molar-refractivity contribution is 5.85. The lowest BCUT2D eigenvalue weighted by Gasteiger charge is -2.36. The summed E-state index contributed by atoms with van der Waals surface area (Å²) in [6.45, 7) is 12.2. The standard InChI is InChI=1S/C32H48N8O4/c1-27(36-29-10-3-5-14-35-29)32(43)40-25-23-38(24-26-40)17-7-12-31(42)44-30(41)11-6-16-37-19-21-39(22-20-37)18-8-15-34-28-9-2-4-13-33-28/h2-5,9-10,13-14,27H,6-8,11-12,15-26H2,1H3,(H,33,34)(H,35,36)/t27-/m0/s1. The zero-order valence-corrected chi connectivity index (χ0v) is 26.0. The smallest absolute Gasteiger partial charge is 0.313 e. The van der Waals surface area contributed by atoms with Crippen LogP contribution in [0.4, 0.5) is 11.6 Å². The Balaban J connectivity index is 0.978. The van der Waals surface area contributed by atoms with Gasteiger partial charge in [0.2, 0.25) is 5.91 Å². The highest BCUT2D eigenvalue weighted by atomic mass is 16.6. The maximum Gasteiger partial charge on any atom is 0.313 e. The summed E-state index contributed by atoms with van der Waals surface area (Å²) in [5.41, 5.74) is 0. The van der Waals surface area contributed by atoms with Crippen molar-refractivity contribution in [3.05, 3.63) is 48.8 Å². The number of esters is 2. The van der Waals surface area contributed by atoms with Gasteiger partial charge in [0, 0.05) is 84.1 Å². The van der Waals surface area contributed by atoms with Crippen molar-refractivity contribution in [1.29, 1.82) is 0 Å². The van der Waals surface area contributed by atoms with Crippen LogP contribution >= 0.6 is 0 Å². The van der Waals surface area contributed by atoms with Gasteiger partial charge in [-0.25, -0.2) is 9.97 Å². The predicted molar refractivity (Wildman–Crippen MR) is 170 cm³/mol. The molecule has 12 heteroatoms. The van der Waals surface area contributed by atoms with Crippen molar-refractivity contribution in [2.45, 2.75) is 45.1 Å². The van der Waals surface area contributed by atoms with Crippen LogP contribution in [0.25, 0.3) is 0 Å². The van der Waals surface area contributed by atoms with E-state index < -0.39 is 11.9 Å². The van der Waals surface area contributed by atoms with E-state index >= 15 is 0 Å². The second kappa shape index (κ2) is 18.3. The number of hydrogen-bond donors (Lipinski definition) is 2. The van der Waals surface area contributed by atoms with Crippen LogP contribution in [0.2, 0.25) is 0 Å². The number of carbonyl (C=O) groups excluding carboxylic acids is 3. The molecule has 0 bridgehead atoms. The molecule has 4 heterocycles. The maximum absolute atomic E-state index is 12.8. The molecule has 2 N–H and O–H groups in total. The fourth-order valence-electron chi connectivity index (χ4n) is 5.54. The molecular formula is C32H48N8O4. The molecule has 240 valence electrons. The van der Waals surface area contributed by atoms with Gasteiger partial charge in [0.25, 0.3) is 0 Å². The first-order chi connectivity index (χ1) is 21.5. The second-order valence-electron chi connectivity index (χ2n) is 11.5. The van der Waals surface area contributed by atoms with Crippen molar-refractivity contribution in [2.75, 3.05) is 89.2 Å². The number of carbonyl (C=O) groups is 3. The zero-order chi connectivity index (χ0) is 31.0. The molecule has 2 aromatic rings. The molecule has 2 aliphatic rings. The Bertz CT molecular complexity index is 1140. The van der Waals surface area contributed by atoms with Crippen molar-refractivity contribution in [3.63, 3.8) is 0 Å². The molecule has 2 aromatic heterocycles. The number of pyridine rings is 2. The number of ether oxygens (including phenoxy) is 1. The Kier molecular flexibility index (Phi) is 13.8. The molecule has 2 aliphatic heterocycles. The summed E-state index contributed by atoms with van der Waals surface area (Å²) in [6, 6.07) is 11.1. The summed E-state index contributed by atoms with van der Waals surface area (Å²) in [7, 11) is 0. The Labute approximate surface area is 261 Å². The third-order valence-electron chi connectivity index (χ3n) is 8.11. The van der Waals surface area contributed by atoms with Crippen LogP contribution in [-0.2, 0) is 19.1 Å². The third kappa shape index (κ3) is 11.8. The van der Waals surface area contributed by atoms with Crippen LogP contribution in [0.5, 0.6) is 0 Å². The highest BCUT2D eigenvalue weighted by Gasteiger charge is 2.25. The van der Waals surface area contributed by atoms with Crippen molar-refractivity contribution in [3.8, 4) is 0 Å². The predicted octanol–water partition coefficient (Wildman–Crippen LogP) is 2.17. The van der Waals surface area contributed by atoms with E-state index in [0.717, 1.165) is 77.7 Å². The number of anilines is 2. The van der Waals surface area contributed by atoms with Crippen LogP contribution in [0, 0.1) is 0 Å². The fraction of sp³-hybridized carbons (Fsp3) is 0.594. The first-order valence-electron chi connectivity index (χ1n) is 16.0. The molecule has 2 fully saturated rings. The van der Waals surface area contributed by atoms with Gasteiger partial charge in [-0.1, -0.05) is 12.1 Å². The number of piperazine rings is 2. The van der Waals surface area contributed by atoms with Gasteiger partial charge in [-0.3, -0.25) is 19.3 Å². The van der Waals surface area contributed by atoms with Gasteiger partial charge in [-0.15, -0.1) is 0 Å². The van der Waals surface area contributed by atoms with Crippen LogP contribution in [0.3, 0.4) is 0 Å². The summed E-state index contributed by atoms with van der Waals surface area (Å²) < 4.78 is 5.06. The first-order valence-corrected chi connectivity index (χ1v) is 16.0. The fourth-order valence-corrected chi connectivity index (χ4v) is 5.54. The minimum absolute atomic E-state index is 0.0562. The number of nitrogens with one attached hydrogen (secondary N) is 2. The summed E-state index contributed by atoms with van der Waals surface area (Å²) in [4.78, 5) is 54.7. The number of amides is 1. The van der Waals surface area contributed by atoms with Gasteiger partial charge in [-0.2, -0.15) is 0 Å². The van der Waals surface area contributed by atoms with Gasteiger partial charge < -0.3 is 30.1 Å². The molecule has 4 rings (SSSR count). The SMILES string of the molecule is C[C@H](Nc1ccccn1)C(=O)N1CCN(CCCC(=O)OC(=O)CCCN2CCN(CCCNc3ccccn3)CC2)CC1. The molecule has 0 spiro atoms. The van der Waals surface area contributed by atoms with E-state index in [2.05, 4.69) is 35.3 Å². The van der Waals surface area contributed by atoms with E-state index in [4.69, 9.17) is 4.74 Å². The van der Waals surface area contributed by atoms with E-state index in [1.54, 1.807) is 12.4 Å². The summed E-state index contributed by atoms with van der Waals surface area (Å²) in [5, 5.41) is 6.50. The van der Waals surface area contributed by atoms with Crippen LogP contribution in [0.1, 0.15) is 39.0 Å². The van der Waals surface area contributed by atoms with Crippen LogP contribution in [0.15, 0.2) is 48.8 Å². The molecule has 0 saturated carbocycles. The molecule has 0 radical (unpaired) electrons. The molecular weight excluding hydrogens is 560 g/mol. The second-order valence-corrected chi connectivity index (χ2v) is 11.5. The van der Waals surface area contributed by atoms with Crippen LogP contribution in [-0.4, -0.2) is 132 Å².